The van der Waals surface area contributed by atoms with E-state index in [0.717, 1.165) is 50.1 Å². The van der Waals surface area contributed by atoms with Gasteiger partial charge in [0.25, 0.3) is 0 Å². The van der Waals surface area contributed by atoms with Crippen LogP contribution in [-0.2, 0) is 9.59 Å². The van der Waals surface area contributed by atoms with Gasteiger partial charge in [-0.05, 0) is 37.0 Å². The molecular formula is C20H28ClN3O2. The number of likely N-dealkylation sites (tertiary alicyclic amines) is 1. The molecular weight excluding hydrogens is 350 g/mol. The third kappa shape index (κ3) is 5.32. The number of benzene rings is 1. The number of rotatable bonds is 4. The maximum Gasteiger partial charge on any atom is 0.246 e. The number of carbonyl (C=O) groups is 2. The lowest BCUT2D eigenvalue weighted by Gasteiger charge is -2.34. The first-order chi connectivity index (χ1) is 12.1. The number of nitrogens with zero attached hydrogens (tertiary/aromatic N) is 3. The van der Waals surface area contributed by atoms with Gasteiger partial charge in [-0.3, -0.25) is 14.5 Å². The first-order valence-corrected chi connectivity index (χ1v) is 9.16. The molecule has 2 aliphatic rings. The Balaban J connectivity index is 0.00000243. The normalized spacial score (nSPS) is 18.2. The van der Waals surface area contributed by atoms with Gasteiger partial charge in [0.2, 0.25) is 11.8 Å². The summed E-state index contributed by atoms with van der Waals surface area (Å²) < 4.78 is 0. The lowest BCUT2D eigenvalue weighted by molar-refractivity contribution is -0.132. The number of halogens is 1. The number of carbonyl (C=O) groups excluding carboxylic acids is 2. The Morgan fingerprint density at radius 2 is 1.62 bits per heavy atom. The van der Waals surface area contributed by atoms with Gasteiger partial charge in [-0.25, -0.2) is 0 Å². The molecule has 0 atom stereocenters. The second-order valence-corrected chi connectivity index (χ2v) is 6.88. The molecule has 0 radical (unpaired) electrons. The van der Waals surface area contributed by atoms with E-state index in [1.807, 2.05) is 47.1 Å². The standard InChI is InChI=1S/C20H27N3O2.ClH/c1-17-6-2-3-7-18(17)8-9-19(24)23-14-12-21(13-15-23)16-20(25)22-10-4-5-11-22;/h2-3,6-9H,4-5,10-16H2,1H3;1H. The van der Waals surface area contributed by atoms with Crippen molar-refractivity contribution < 1.29 is 9.59 Å². The number of piperazine rings is 1. The Labute approximate surface area is 162 Å². The van der Waals surface area contributed by atoms with Crippen LogP contribution in [0.15, 0.2) is 30.3 Å². The molecule has 2 heterocycles. The zero-order valence-electron chi connectivity index (χ0n) is 15.4. The first kappa shape index (κ1) is 20.5. The lowest BCUT2D eigenvalue weighted by Crippen LogP contribution is -2.51. The highest BCUT2D eigenvalue weighted by molar-refractivity contribution is 5.92. The topological polar surface area (TPSA) is 43.9 Å². The Hall–Kier alpha value is -1.85. The molecule has 1 aromatic carbocycles. The zero-order chi connectivity index (χ0) is 17.6. The molecule has 0 saturated carbocycles. The average Bonchev–Trinajstić information content (AvgIpc) is 3.16. The van der Waals surface area contributed by atoms with Crippen molar-refractivity contribution in [1.82, 2.24) is 14.7 Å². The summed E-state index contributed by atoms with van der Waals surface area (Å²) in [5.74, 6) is 0.283. The summed E-state index contributed by atoms with van der Waals surface area (Å²) in [4.78, 5) is 30.6. The molecule has 0 aliphatic carbocycles. The monoisotopic (exact) mass is 377 g/mol. The van der Waals surface area contributed by atoms with Crippen molar-refractivity contribution in [3.63, 3.8) is 0 Å². The number of hydrogen-bond donors (Lipinski definition) is 0. The van der Waals surface area contributed by atoms with Crippen LogP contribution < -0.4 is 0 Å². The Bertz CT molecular complexity index is 648. The van der Waals surface area contributed by atoms with E-state index < -0.39 is 0 Å². The summed E-state index contributed by atoms with van der Waals surface area (Å²) in [6, 6.07) is 8.03. The fraction of sp³-hybridized carbons (Fsp3) is 0.500. The quantitative estimate of drug-likeness (QED) is 0.755. The van der Waals surface area contributed by atoms with E-state index in [0.29, 0.717) is 19.6 Å². The van der Waals surface area contributed by atoms with Gasteiger partial charge in [0.1, 0.15) is 0 Å². The molecule has 2 aliphatic heterocycles. The molecule has 0 bridgehead atoms. The molecule has 3 rings (SSSR count). The van der Waals surface area contributed by atoms with Crippen molar-refractivity contribution in [3.8, 4) is 0 Å². The third-order valence-corrected chi connectivity index (χ3v) is 5.10. The van der Waals surface area contributed by atoms with E-state index in [-0.39, 0.29) is 24.2 Å². The fourth-order valence-electron chi connectivity index (χ4n) is 3.42. The molecule has 0 spiro atoms. The number of amides is 2. The van der Waals surface area contributed by atoms with Crippen LogP contribution in [0.5, 0.6) is 0 Å². The van der Waals surface area contributed by atoms with Gasteiger partial charge in [0, 0.05) is 45.3 Å². The zero-order valence-corrected chi connectivity index (χ0v) is 16.2. The summed E-state index contributed by atoms with van der Waals surface area (Å²) in [5, 5.41) is 0. The van der Waals surface area contributed by atoms with Crippen LogP contribution in [0.3, 0.4) is 0 Å². The minimum Gasteiger partial charge on any atom is -0.342 e. The van der Waals surface area contributed by atoms with Crippen LogP contribution in [-0.4, -0.2) is 72.3 Å². The molecule has 0 unspecified atom stereocenters. The van der Waals surface area contributed by atoms with Crippen LogP contribution in [0.1, 0.15) is 24.0 Å². The first-order valence-electron chi connectivity index (χ1n) is 9.16. The second-order valence-electron chi connectivity index (χ2n) is 6.88. The summed E-state index contributed by atoms with van der Waals surface area (Å²) in [5.41, 5.74) is 2.24. The van der Waals surface area contributed by atoms with E-state index in [1.165, 1.54) is 0 Å². The van der Waals surface area contributed by atoms with Crippen LogP contribution in [0.2, 0.25) is 0 Å². The Kier molecular flexibility index (Phi) is 7.66. The van der Waals surface area contributed by atoms with Crippen LogP contribution in [0.25, 0.3) is 6.08 Å². The second kappa shape index (κ2) is 9.74. The maximum absolute atomic E-state index is 12.4. The van der Waals surface area contributed by atoms with Crippen molar-refractivity contribution in [2.45, 2.75) is 19.8 Å². The van der Waals surface area contributed by atoms with Crippen molar-refractivity contribution >= 4 is 30.3 Å². The van der Waals surface area contributed by atoms with Gasteiger partial charge >= 0.3 is 0 Å². The molecule has 2 amide bonds. The summed E-state index contributed by atoms with van der Waals surface area (Å²) in [6.45, 7) is 7.24. The van der Waals surface area contributed by atoms with Gasteiger partial charge < -0.3 is 9.80 Å². The van der Waals surface area contributed by atoms with Crippen molar-refractivity contribution in [2.24, 2.45) is 0 Å². The smallest absolute Gasteiger partial charge is 0.246 e. The van der Waals surface area contributed by atoms with Crippen molar-refractivity contribution in [2.75, 3.05) is 45.8 Å². The molecule has 0 aromatic heterocycles. The summed E-state index contributed by atoms with van der Waals surface area (Å²) >= 11 is 0. The van der Waals surface area contributed by atoms with Crippen LogP contribution in [0, 0.1) is 6.92 Å². The highest BCUT2D eigenvalue weighted by Gasteiger charge is 2.24. The van der Waals surface area contributed by atoms with Crippen molar-refractivity contribution in [3.05, 3.63) is 41.5 Å². The Morgan fingerprint density at radius 1 is 0.962 bits per heavy atom. The third-order valence-electron chi connectivity index (χ3n) is 5.10. The molecule has 0 N–H and O–H groups in total. The van der Waals surface area contributed by atoms with Gasteiger partial charge in [0.15, 0.2) is 0 Å². The van der Waals surface area contributed by atoms with E-state index >= 15 is 0 Å². The molecule has 142 valence electrons. The average molecular weight is 378 g/mol. The fourth-order valence-corrected chi connectivity index (χ4v) is 3.42. The van der Waals surface area contributed by atoms with E-state index in [9.17, 15) is 9.59 Å². The maximum atomic E-state index is 12.4. The van der Waals surface area contributed by atoms with E-state index in [2.05, 4.69) is 4.90 Å². The molecule has 1 aromatic rings. The highest BCUT2D eigenvalue weighted by Crippen LogP contribution is 2.11. The summed E-state index contributed by atoms with van der Waals surface area (Å²) in [7, 11) is 0. The molecule has 2 saturated heterocycles. The number of hydrogen-bond acceptors (Lipinski definition) is 3. The Morgan fingerprint density at radius 3 is 2.27 bits per heavy atom. The van der Waals surface area contributed by atoms with Gasteiger partial charge in [0.05, 0.1) is 6.54 Å². The lowest BCUT2D eigenvalue weighted by atomic mass is 10.1. The molecule has 2 fully saturated rings. The predicted molar refractivity (Wildman–Crippen MR) is 106 cm³/mol. The molecule has 6 heteroatoms. The predicted octanol–water partition coefficient (Wildman–Crippen LogP) is 2.20. The minimum atomic E-state index is 0. The van der Waals surface area contributed by atoms with E-state index in [1.54, 1.807) is 6.08 Å². The van der Waals surface area contributed by atoms with Crippen LogP contribution in [0.4, 0.5) is 0 Å². The summed E-state index contributed by atoms with van der Waals surface area (Å²) in [6.07, 6.45) is 5.80. The minimum absolute atomic E-state index is 0. The van der Waals surface area contributed by atoms with Crippen LogP contribution >= 0.6 is 12.4 Å². The largest absolute Gasteiger partial charge is 0.342 e. The molecule has 5 nitrogen and oxygen atoms in total. The van der Waals surface area contributed by atoms with Gasteiger partial charge in [-0.1, -0.05) is 24.3 Å². The van der Waals surface area contributed by atoms with Gasteiger partial charge in [-0.15, -0.1) is 12.4 Å². The SMILES string of the molecule is Cc1ccccc1C=CC(=O)N1CCN(CC(=O)N2CCCC2)CC1.Cl. The highest BCUT2D eigenvalue weighted by atomic mass is 35.5. The van der Waals surface area contributed by atoms with Gasteiger partial charge in [-0.2, -0.15) is 0 Å². The van der Waals surface area contributed by atoms with Crippen molar-refractivity contribution in [1.29, 1.82) is 0 Å². The molecule has 26 heavy (non-hydrogen) atoms. The van der Waals surface area contributed by atoms with E-state index in [4.69, 9.17) is 0 Å². The number of aryl methyl sites for hydroxylation is 1.